The van der Waals surface area contributed by atoms with Crippen LogP contribution in [0.2, 0.25) is 0 Å². The molecule has 0 fully saturated rings. The number of aryl methyl sites for hydroxylation is 1. The summed E-state index contributed by atoms with van der Waals surface area (Å²) in [5, 5.41) is 0. The van der Waals surface area contributed by atoms with E-state index < -0.39 is 6.36 Å². The van der Waals surface area contributed by atoms with Crippen molar-refractivity contribution in [1.29, 1.82) is 0 Å². The van der Waals surface area contributed by atoms with Gasteiger partial charge in [0.1, 0.15) is 5.75 Å². The molecule has 0 radical (unpaired) electrons. The van der Waals surface area contributed by atoms with E-state index in [1.54, 1.807) is 19.1 Å². The molecule has 1 rings (SSSR count). The van der Waals surface area contributed by atoms with Gasteiger partial charge in [0, 0.05) is 0 Å². The van der Waals surface area contributed by atoms with Crippen molar-refractivity contribution in [2.75, 3.05) is 6.54 Å². The van der Waals surface area contributed by atoms with Gasteiger partial charge in [-0.2, -0.15) is 0 Å². The van der Waals surface area contributed by atoms with Crippen LogP contribution in [-0.2, 0) is 6.42 Å². The highest BCUT2D eigenvalue weighted by Gasteiger charge is 2.31. The van der Waals surface area contributed by atoms with Crippen LogP contribution in [0, 0.1) is 6.92 Å². The third-order valence-corrected chi connectivity index (χ3v) is 1.86. The minimum absolute atomic E-state index is 0.168. The van der Waals surface area contributed by atoms with Crippen molar-refractivity contribution in [3.05, 3.63) is 29.3 Å². The first kappa shape index (κ1) is 11.8. The summed E-state index contributed by atoms with van der Waals surface area (Å²) in [6.45, 7) is 2.09. The van der Waals surface area contributed by atoms with E-state index in [-0.39, 0.29) is 12.3 Å². The molecule has 0 saturated heterocycles. The van der Waals surface area contributed by atoms with E-state index in [4.69, 9.17) is 5.73 Å². The van der Waals surface area contributed by atoms with Gasteiger partial charge >= 0.3 is 6.36 Å². The lowest BCUT2D eigenvalue weighted by Crippen LogP contribution is -2.18. The quantitative estimate of drug-likeness (QED) is 0.847. The molecule has 0 unspecified atom stereocenters. The number of hydrogen-bond acceptors (Lipinski definition) is 2. The fourth-order valence-electron chi connectivity index (χ4n) is 1.28. The van der Waals surface area contributed by atoms with Crippen LogP contribution in [0.4, 0.5) is 13.2 Å². The van der Waals surface area contributed by atoms with Gasteiger partial charge in [0.15, 0.2) is 0 Å². The Balaban J connectivity index is 2.95. The summed E-state index contributed by atoms with van der Waals surface area (Å²) >= 11 is 0. The number of alkyl halides is 3. The lowest BCUT2D eigenvalue weighted by molar-refractivity contribution is -0.274. The van der Waals surface area contributed by atoms with Crippen LogP contribution >= 0.6 is 0 Å². The fourth-order valence-corrected chi connectivity index (χ4v) is 1.28. The molecule has 0 amide bonds. The van der Waals surface area contributed by atoms with Crippen molar-refractivity contribution in [1.82, 2.24) is 0 Å². The highest BCUT2D eigenvalue weighted by atomic mass is 19.4. The van der Waals surface area contributed by atoms with Crippen LogP contribution in [0.3, 0.4) is 0 Å². The largest absolute Gasteiger partial charge is 0.573 e. The van der Waals surface area contributed by atoms with Gasteiger partial charge in [-0.25, -0.2) is 0 Å². The molecule has 1 aromatic rings. The Hall–Kier alpha value is -1.23. The molecule has 84 valence electrons. The summed E-state index contributed by atoms with van der Waals surface area (Å²) < 4.78 is 39.9. The van der Waals surface area contributed by atoms with Crippen LogP contribution in [0.5, 0.6) is 5.75 Å². The zero-order valence-electron chi connectivity index (χ0n) is 8.27. The molecule has 0 spiro atoms. The number of halogens is 3. The van der Waals surface area contributed by atoms with Crippen LogP contribution in [-0.4, -0.2) is 12.9 Å². The number of benzene rings is 1. The molecule has 5 heteroatoms. The molecule has 0 aliphatic rings. The third kappa shape index (κ3) is 3.79. The van der Waals surface area contributed by atoms with Crippen molar-refractivity contribution in [3.8, 4) is 5.75 Å². The first-order chi connectivity index (χ1) is 6.92. The lowest BCUT2D eigenvalue weighted by atomic mass is 10.1. The topological polar surface area (TPSA) is 35.2 Å². The van der Waals surface area contributed by atoms with Crippen LogP contribution < -0.4 is 10.5 Å². The number of hydrogen-bond donors (Lipinski definition) is 1. The number of nitrogens with two attached hydrogens (primary N) is 1. The Labute approximate surface area is 85.8 Å². The predicted octanol–water partition coefficient (Wildman–Crippen LogP) is 2.39. The smallest absolute Gasteiger partial charge is 0.406 e. The molecule has 15 heavy (non-hydrogen) atoms. The predicted molar refractivity (Wildman–Crippen MR) is 50.6 cm³/mol. The SMILES string of the molecule is Cc1ccc(OC(F)(F)F)c(CCN)c1. The van der Waals surface area contributed by atoms with Gasteiger partial charge in [-0.3, -0.25) is 0 Å². The highest BCUT2D eigenvalue weighted by Crippen LogP contribution is 2.27. The maximum atomic E-state index is 12.0. The molecule has 0 atom stereocenters. The van der Waals surface area contributed by atoms with Gasteiger partial charge < -0.3 is 10.5 Å². The van der Waals surface area contributed by atoms with Crippen molar-refractivity contribution in [2.24, 2.45) is 5.73 Å². The zero-order valence-corrected chi connectivity index (χ0v) is 8.27. The molecule has 2 N–H and O–H groups in total. The van der Waals surface area contributed by atoms with Crippen LogP contribution in [0.15, 0.2) is 18.2 Å². The maximum absolute atomic E-state index is 12.0. The van der Waals surface area contributed by atoms with E-state index in [1.165, 1.54) is 6.07 Å². The lowest BCUT2D eigenvalue weighted by Gasteiger charge is -2.13. The van der Waals surface area contributed by atoms with Gasteiger partial charge in [0.25, 0.3) is 0 Å². The first-order valence-electron chi connectivity index (χ1n) is 4.48. The Bertz CT molecular complexity index is 336. The van der Waals surface area contributed by atoms with Crippen molar-refractivity contribution >= 4 is 0 Å². The minimum Gasteiger partial charge on any atom is -0.406 e. The van der Waals surface area contributed by atoms with E-state index in [0.717, 1.165) is 5.56 Å². The molecule has 0 heterocycles. The molecule has 0 saturated carbocycles. The molecule has 0 aliphatic carbocycles. The van der Waals surface area contributed by atoms with E-state index in [2.05, 4.69) is 4.74 Å². The Morgan fingerprint density at radius 1 is 1.33 bits per heavy atom. The second-order valence-corrected chi connectivity index (χ2v) is 3.20. The standard InChI is InChI=1S/C10H12F3NO/c1-7-2-3-9(15-10(11,12)13)8(6-7)4-5-14/h2-3,6H,4-5,14H2,1H3. The summed E-state index contributed by atoms with van der Waals surface area (Å²) in [5.74, 6) is -0.168. The normalized spacial score (nSPS) is 11.5. The number of rotatable bonds is 3. The second-order valence-electron chi connectivity index (χ2n) is 3.20. The molecule has 2 nitrogen and oxygen atoms in total. The Morgan fingerprint density at radius 3 is 2.53 bits per heavy atom. The molecule has 1 aromatic carbocycles. The Kier molecular flexibility index (Phi) is 3.57. The van der Waals surface area contributed by atoms with Crippen LogP contribution in [0.25, 0.3) is 0 Å². The highest BCUT2D eigenvalue weighted by molar-refractivity contribution is 5.37. The van der Waals surface area contributed by atoms with Crippen molar-refractivity contribution < 1.29 is 17.9 Å². The minimum atomic E-state index is -4.65. The van der Waals surface area contributed by atoms with Gasteiger partial charge in [-0.15, -0.1) is 13.2 Å². The van der Waals surface area contributed by atoms with Crippen molar-refractivity contribution in [3.63, 3.8) is 0 Å². The van der Waals surface area contributed by atoms with Gasteiger partial charge in [0.05, 0.1) is 0 Å². The van der Waals surface area contributed by atoms with E-state index >= 15 is 0 Å². The first-order valence-corrected chi connectivity index (χ1v) is 4.48. The molecule has 0 aliphatic heterocycles. The van der Waals surface area contributed by atoms with E-state index in [0.29, 0.717) is 12.0 Å². The average molecular weight is 219 g/mol. The molecule has 0 bridgehead atoms. The number of ether oxygens (including phenoxy) is 1. The summed E-state index contributed by atoms with van der Waals surface area (Å²) in [6, 6.07) is 4.53. The Morgan fingerprint density at radius 2 is 2.00 bits per heavy atom. The van der Waals surface area contributed by atoms with Crippen molar-refractivity contribution in [2.45, 2.75) is 19.7 Å². The molecular weight excluding hydrogens is 207 g/mol. The summed E-state index contributed by atoms with van der Waals surface area (Å²) in [5.41, 5.74) is 6.67. The monoisotopic (exact) mass is 219 g/mol. The zero-order chi connectivity index (χ0) is 11.5. The van der Waals surface area contributed by atoms with Gasteiger partial charge in [-0.05, 0) is 31.5 Å². The summed E-state index contributed by atoms with van der Waals surface area (Å²) in [4.78, 5) is 0. The molecule has 0 aromatic heterocycles. The third-order valence-electron chi connectivity index (χ3n) is 1.86. The fraction of sp³-hybridized carbons (Fsp3) is 0.400. The average Bonchev–Trinajstić information content (AvgIpc) is 2.08. The molecular formula is C10H12F3NO. The summed E-state index contributed by atoms with van der Waals surface area (Å²) in [6.07, 6.45) is -4.29. The van der Waals surface area contributed by atoms with E-state index in [9.17, 15) is 13.2 Å². The second kappa shape index (κ2) is 4.53. The van der Waals surface area contributed by atoms with Crippen LogP contribution in [0.1, 0.15) is 11.1 Å². The van der Waals surface area contributed by atoms with E-state index in [1.807, 2.05) is 0 Å². The van der Waals surface area contributed by atoms with Gasteiger partial charge in [0.2, 0.25) is 0 Å². The summed E-state index contributed by atoms with van der Waals surface area (Å²) in [7, 11) is 0. The maximum Gasteiger partial charge on any atom is 0.573 e. The van der Waals surface area contributed by atoms with Gasteiger partial charge in [-0.1, -0.05) is 17.7 Å².